The Labute approximate surface area is 196 Å². The van der Waals surface area contributed by atoms with Crippen LogP contribution in [0.4, 0.5) is 5.13 Å². The van der Waals surface area contributed by atoms with Crippen molar-refractivity contribution < 1.29 is 4.79 Å². The predicted octanol–water partition coefficient (Wildman–Crippen LogP) is 7.72. The minimum absolute atomic E-state index is 0.273. The molecule has 5 aromatic rings. The van der Waals surface area contributed by atoms with E-state index >= 15 is 0 Å². The van der Waals surface area contributed by atoms with E-state index in [-0.39, 0.29) is 5.91 Å². The predicted molar refractivity (Wildman–Crippen MR) is 130 cm³/mol. The van der Waals surface area contributed by atoms with Crippen molar-refractivity contribution in [3.8, 4) is 11.3 Å². The fraction of sp³-hybridized carbons (Fsp3) is 0. The van der Waals surface area contributed by atoms with Gasteiger partial charge in [-0.15, -0.1) is 0 Å². The number of para-hydroxylation sites is 1. The summed E-state index contributed by atoms with van der Waals surface area (Å²) >= 11 is 19.7. The third-order valence-corrected chi connectivity index (χ3v) is 6.65. The Bertz CT molecular complexity index is 1480. The number of nitrogens with zero attached hydrogens (tertiary/aromatic N) is 2. The van der Waals surface area contributed by atoms with Gasteiger partial charge in [0.25, 0.3) is 5.91 Å². The van der Waals surface area contributed by atoms with Crippen LogP contribution in [0.2, 0.25) is 15.1 Å². The fourth-order valence-corrected chi connectivity index (χ4v) is 4.72. The molecule has 31 heavy (non-hydrogen) atoms. The summed E-state index contributed by atoms with van der Waals surface area (Å²) in [7, 11) is 0. The number of fused-ring (bicyclic) bond motifs is 2. The molecule has 2 heterocycles. The first-order valence-electron chi connectivity index (χ1n) is 9.20. The minimum atomic E-state index is -0.273. The quantitative estimate of drug-likeness (QED) is 0.285. The molecular weight excluding hydrogens is 473 g/mol. The van der Waals surface area contributed by atoms with Crippen LogP contribution in [-0.2, 0) is 0 Å². The van der Waals surface area contributed by atoms with Gasteiger partial charge in [0.1, 0.15) is 0 Å². The standard InChI is InChI=1S/C23H12Cl3N3OS/c24-13-6-8-19-21(10-13)31-23(28-19)29-22(30)15-11-20(12-5-7-16(25)17(26)9-12)27-18-4-2-1-3-14(15)18/h1-11H,(H,28,29,30). The van der Waals surface area contributed by atoms with Crippen LogP contribution in [-0.4, -0.2) is 15.9 Å². The van der Waals surface area contributed by atoms with Gasteiger partial charge >= 0.3 is 0 Å². The molecule has 0 spiro atoms. The molecule has 0 atom stereocenters. The van der Waals surface area contributed by atoms with Crippen molar-refractivity contribution in [3.63, 3.8) is 0 Å². The highest BCUT2D eigenvalue weighted by Crippen LogP contribution is 2.32. The molecule has 0 unspecified atom stereocenters. The molecule has 0 saturated carbocycles. The van der Waals surface area contributed by atoms with Crippen LogP contribution >= 0.6 is 46.1 Å². The lowest BCUT2D eigenvalue weighted by Gasteiger charge is -2.10. The molecule has 1 N–H and O–H groups in total. The molecule has 2 aromatic heterocycles. The number of rotatable bonds is 3. The second-order valence-electron chi connectivity index (χ2n) is 6.79. The second-order valence-corrected chi connectivity index (χ2v) is 9.07. The maximum atomic E-state index is 13.2. The van der Waals surface area contributed by atoms with Crippen molar-refractivity contribution in [1.82, 2.24) is 9.97 Å². The van der Waals surface area contributed by atoms with Crippen LogP contribution in [0, 0.1) is 0 Å². The Morgan fingerprint density at radius 1 is 0.839 bits per heavy atom. The number of aromatic nitrogens is 2. The van der Waals surface area contributed by atoms with Crippen molar-refractivity contribution in [3.05, 3.63) is 87.4 Å². The number of hydrogen-bond donors (Lipinski definition) is 1. The highest BCUT2D eigenvalue weighted by Gasteiger charge is 2.16. The number of amides is 1. The number of benzene rings is 3. The zero-order chi connectivity index (χ0) is 21.5. The number of carbonyl (C=O) groups is 1. The summed E-state index contributed by atoms with van der Waals surface area (Å²) in [5.74, 6) is -0.273. The molecule has 0 aliphatic rings. The molecule has 0 aliphatic heterocycles. The largest absolute Gasteiger partial charge is 0.298 e. The van der Waals surface area contributed by atoms with Crippen LogP contribution in [0.3, 0.4) is 0 Å². The molecular formula is C23H12Cl3N3OS. The van der Waals surface area contributed by atoms with Gasteiger partial charge in [-0.05, 0) is 42.5 Å². The molecule has 5 rings (SSSR count). The number of pyridine rings is 1. The Kier molecular flexibility index (Phi) is 5.28. The summed E-state index contributed by atoms with van der Waals surface area (Å²) < 4.78 is 0.902. The van der Waals surface area contributed by atoms with Gasteiger partial charge in [0.2, 0.25) is 0 Å². The average Bonchev–Trinajstić information content (AvgIpc) is 3.16. The van der Waals surface area contributed by atoms with Crippen molar-refractivity contribution in [2.24, 2.45) is 0 Å². The Morgan fingerprint density at radius 2 is 1.68 bits per heavy atom. The number of hydrogen-bond acceptors (Lipinski definition) is 4. The highest BCUT2D eigenvalue weighted by atomic mass is 35.5. The van der Waals surface area contributed by atoms with Crippen LogP contribution in [0.1, 0.15) is 10.4 Å². The molecule has 0 bridgehead atoms. The molecule has 0 radical (unpaired) electrons. The van der Waals surface area contributed by atoms with Gasteiger partial charge in [-0.25, -0.2) is 9.97 Å². The molecule has 0 fully saturated rings. The van der Waals surface area contributed by atoms with Gasteiger partial charge < -0.3 is 0 Å². The highest BCUT2D eigenvalue weighted by molar-refractivity contribution is 7.22. The van der Waals surface area contributed by atoms with E-state index < -0.39 is 0 Å². The molecule has 0 saturated heterocycles. The first kappa shape index (κ1) is 20.2. The molecule has 4 nitrogen and oxygen atoms in total. The summed E-state index contributed by atoms with van der Waals surface area (Å²) in [4.78, 5) is 22.4. The van der Waals surface area contributed by atoms with E-state index in [1.165, 1.54) is 11.3 Å². The Balaban J connectivity index is 1.58. The molecule has 0 aliphatic carbocycles. The molecule has 1 amide bonds. The van der Waals surface area contributed by atoms with Gasteiger partial charge in [0.15, 0.2) is 5.13 Å². The maximum Gasteiger partial charge on any atom is 0.258 e. The monoisotopic (exact) mass is 483 g/mol. The van der Waals surface area contributed by atoms with E-state index in [1.807, 2.05) is 42.5 Å². The topological polar surface area (TPSA) is 54.9 Å². The van der Waals surface area contributed by atoms with E-state index in [9.17, 15) is 4.79 Å². The van der Waals surface area contributed by atoms with Gasteiger partial charge in [-0.2, -0.15) is 0 Å². The van der Waals surface area contributed by atoms with Gasteiger partial charge in [0.05, 0.1) is 37.0 Å². The second kappa shape index (κ2) is 8.09. The third kappa shape index (κ3) is 3.98. The van der Waals surface area contributed by atoms with Crippen molar-refractivity contribution in [1.29, 1.82) is 0 Å². The summed E-state index contributed by atoms with van der Waals surface area (Å²) in [6.45, 7) is 0. The lowest BCUT2D eigenvalue weighted by molar-refractivity contribution is 0.102. The first-order valence-corrected chi connectivity index (χ1v) is 11.2. The van der Waals surface area contributed by atoms with Gasteiger partial charge in [-0.1, -0.05) is 70.4 Å². The van der Waals surface area contributed by atoms with Crippen LogP contribution < -0.4 is 5.32 Å². The average molecular weight is 485 g/mol. The SMILES string of the molecule is O=C(Nc1nc2ccc(Cl)cc2s1)c1cc(-c2ccc(Cl)c(Cl)c2)nc2ccccc12. The van der Waals surface area contributed by atoms with E-state index in [2.05, 4.69) is 10.3 Å². The number of thiazole rings is 1. The molecule has 152 valence electrons. The lowest BCUT2D eigenvalue weighted by atomic mass is 10.0. The van der Waals surface area contributed by atoms with Crippen molar-refractivity contribution in [2.75, 3.05) is 5.32 Å². The summed E-state index contributed by atoms with van der Waals surface area (Å²) in [6, 6.07) is 19.9. The summed E-state index contributed by atoms with van der Waals surface area (Å²) in [5.41, 5.74) is 3.36. The number of halogens is 3. The number of carbonyl (C=O) groups excluding carboxylic acids is 1. The smallest absolute Gasteiger partial charge is 0.258 e. The van der Waals surface area contributed by atoms with Crippen LogP contribution in [0.5, 0.6) is 0 Å². The van der Waals surface area contributed by atoms with Crippen molar-refractivity contribution >= 4 is 78.3 Å². The molecule has 3 aromatic carbocycles. The van der Waals surface area contributed by atoms with Crippen LogP contribution in [0.25, 0.3) is 32.4 Å². The van der Waals surface area contributed by atoms with Gasteiger partial charge in [0, 0.05) is 16.0 Å². The van der Waals surface area contributed by atoms with Gasteiger partial charge in [-0.3, -0.25) is 10.1 Å². The van der Waals surface area contributed by atoms with E-state index in [1.54, 1.807) is 24.3 Å². The van der Waals surface area contributed by atoms with E-state index in [0.29, 0.717) is 37.0 Å². The number of anilines is 1. The Morgan fingerprint density at radius 3 is 2.52 bits per heavy atom. The fourth-order valence-electron chi connectivity index (χ4n) is 3.28. The maximum absolute atomic E-state index is 13.2. The number of nitrogens with one attached hydrogen (secondary N) is 1. The third-order valence-electron chi connectivity index (χ3n) is 4.75. The Hall–Kier alpha value is -2.70. The minimum Gasteiger partial charge on any atom is -0.298 e. The van der Waals surface area contributed by atoms with E-state index in [4.69, 9.17) is 39.8 Å². The molecule has 8 heteroatoms. The van der Waals surface area contributed by atoms with E-state index in [0.717, 1.165) is 21.2 Å². The first-order chi connectivity index (χ1) is 15.0. The zero-order valence-electron chi connectivity index (χ0n) is 15.7. The van der Waals surface area contributed by atoms with Crippen molar-refractivity contribution in [2.45, 2.75) is 0 Å². The normalized spacial score (nSPS) is 11.2. The van der Waals surface area contributed by atoms with Crippen LogP contribution in [0.15, 0.2) is 66.7 Å². The lowest BCUT2D eigenvalue weighted by Crippen LogP contribution is -2.13. The summed E-state index contributed by atoms with van der Waals surface area (Å²) in [5, 5.41) is 5.66. The summed E-state index contributed by atoms with van der Waals surface area (Å²) in [6.07, 6.45) is 0. The zero-order valence-corrected chi connectivity index (χ0v) is 18.8.